The summed E-state index contributed by atoms with van der Waals surface area (Å²) in [6, 6.07) is 10.4. The van der Waals surface area contributed by atoms with Gasteiger partial charge in [-0.1, -0.05) is 53.7 Å². The summed E-state index contributed by atoms with van der Waals surface area (Å²) < 4.78 is 0. The summed E-state index contributed by atoms with van der Waals surface area (Å²) >= 11 is 0. The molecule has 0 saturated carbocycles. The van der Waals surface area contributed by atoms with E-state index in [1.165, 1.54) is 6.20 Å². The lowest BCUT2D eigenvalue weighted by molar-refractivity contribution is 0.102. The Bertz CT molecular complexity index is 1150. The molecule has 0 unspecified atom stereocenters. The average Bonchev–Trinajstić information content (AvgIpc) is 2.59. The molecule has 3 N–H and O–H groups in total. The minimum Gasteiger partial charge on any atom is -0.508 e. The van der Waals surface area contributed by atoms with Crippen LogP contribution in [-0.2, 0) is 10.8 Å². The molecule has 0 spiro atoms. The molecular weight excluding hydrogens is 364 g/mol. The second kappa shape index (κ2) is 7.07. The van der Waals surface area contributed by atoms with Gasteiger partial charge in [0.05, 0.1) is 0 Å². The number of rotatable bonds is 2. The van der Waals surface area contributed by atoms with Gasteiger partial charge in [-0.05, 0) is 40.2 Å². The standard InChI is InChI=1S/C24H28N2O3/c1-23(2,3)17-11-14(27)12-19(20(17)24(4,5)6)26-22(29)16-13-25-18-10-8-7-9-15(18)21(16)28/h7-13,27H,1-6H3,(H,25,28)(H,26,29). The van der Waals surface area contributed by atoms with E-state index in [0.29, 0.717) is 16.6 Å². The van der Waals surface area contributed by atoms with Gasteiger partial charge in [-0.25, -0.2) is 0 Å². The minimum absolute atomic E-state index is 0.0317. The normalized spacial score (nSPS) is 12.2. The number of aromatic hydroxyl groups is 1. The van der Waals surface area contributed by atoms with Crippen molar-refractivity contribution in [2.45, 2.75) is 52.4 Å². The van der Waals surface area contributed by atoms with Crippen LogP contribution in [0.5, 0.6) is 5.75 Å². The number of phenolic OH excluding ortho intramolecular Hbond substituents is 1. The fraction of sp³-hybridized carbons (Fsp3) is 0.333. The number of aromatic nitrogens is 1. The molecule has 1 heterocycles. The highest BCUT2D eigenvalue weighted by molar-refractivity contribution is 6.06. The number of hydrogen-bond acceptors (Lipinski definition) is 3. The highest BCUT2D eigenvalue weighted by atomic mass is 16.3. The van der Waals surface area contributed by atoms with E-state index < -0.39 is 5.91 Å². The van der Waals surface area contributed by atoms with Crippen LogP contribution in [0.4, 0.5) is 5.69 Å². The molecule has 1 aromatic heterocycles. The van der Waals surface area contributed by atoms with E-state index in [0.717, 1.165) is 11.1 Å². The molecular formula is C24H28N2O3. The van der Waals surface area contributed by atoms with Crippen molar-refractivity contribution < 1.29 is 9.90 Å². The number of benzene rings is 2. The highest BCUT2D eigenvalue weighted by Gasteiger charge is 2.29. The maximum atomic E-state index is 13.0. The zero-order valence-corrected chi connectivity index (χ0v) is 17.8. The van der Waals surface area contributed by atoms with E-state index in [1.54, 1.807) is 30.3 Å². The SMILES string of the molecule is CC(C)(C)c1cc(O)cc(NC(=O)c2c[nH]c3ccccc3c2=O)c1C(C)(C)C. The van der Waals surface area contributed by atoms with Crippen LogP contribution >= 0.6 is 0 Å². The number of anilines is 1. The van der Waals surface area contributed by atoms with Crippen LogP contribution in [0, 0.1) is 0 Å². The molecule has 2 aromatic carbocycles. The summed E-state index contributed by atoms with van der Waals surface area (Å²) in [4.78, 5) is 28.8. The second-order valence-electron chi connectivity index (χ2n) is 9.45. The van der Waals surface area contributed by atoms with Gasteiger partial charge < -0.3 is 15.4 Å². The summed E-state index contributed by atoms with van der Waals surface area (Å²) in [5, 5.41) is 13.6. The predicted molar refractivity (Wildman–Crippen MR) is 118 cm³/mol. The van der Waals surface area contributed by atoms with Gasteiger partial charge in [0.15, 0.2) is 0 Å². The van der Waals surface area contributed by atoms with E-state index in [2.05, 4.69) is 51.8 Å². The number of hydrogen-bond donors (Lipinski definition) is 3. The molecule has 5 nitrogen and oxygen atoms in total. The fourth-order valence-corrected chi connectivity index (χ4v) is 3.65. The van der Waals surface area contributed by atoms with E-state index in [1.807, 2.05) is 6.07 Å². The maximum absolute atomic E-state index is 13.0. The van der Waals surface area contributed by atoms with Gasteiger partial charge in [0.25, 0.3) is 5.91 Å². The Balaban J connectivity index is 2.13. The van der Waals surface area contributed by atoms with Crippen molar-refractivity contribution in [3.63, 3.8) is 0 Å². The lowest BCUT2D eigenvalue weighted by atomic mass is 9.74. The first kappa shape index (κ1) is 20.6. The lowest BCUT2D eigenvalue weighted by Gasteiger charge is -2.32. The van der Waals surface area contributed by atoms with Crippen LogP contribution in [0.2, 0.25) is 0 Å². The number of carbonyl (C=O) groups excluding carboxylic acids is 1. The predicted octanol–water partition coefficient (Wildman–Crippen LogP) is 5.08. The minimum atomic E-state index is -0.507. The van der Waals surface area contributed by atoms with E-state index in [-0.39, 0.29) is 27.6 Å². The number of aromatic amines is 1. The number of carbonyl (C=O) groups is 1. The highest BCUT2D eigenvalue weighted by Crippen LogP contribution is 2.41. The van der Waals surface area contributed by atoms with Crippen molar-refractivity contribution in [2.24, 2.45) is 0 Å². The van der Waals surface area contributed by atoms with Crippen molar-refractivity contribution in [3.05, 3.63) is 69.5 Å². The summed E-state index contributed by atoms with van der Waals surface area (Å²) in [6.45, 7) is 12.4. The van der Waals surface area contributed by atoms with E-state index in [9.17, 15) is 14.7 Å². The van der Waals surface area contributed by atoms with Crippen LogP contribution in [-0.4, -0.2) is 16.0 Å². The van der Waals surface area contributed by atoms with Crippen molar-refractivity contribution in [1.82, 2.24) is 4.98 Å². The Morgan fingerprint density at radius 2 is 1.66 bits per heavy atom. The third kappa shape index (κ3) is 4.04. The number of pyridine rings is 1. The third-order valence-corrected chi connectivity index (χ3v) is 4.96. The summed E-state index contributed by atoms with van der Waals surface area (Å²) in [6.07, 6.45) is 1.43. The van der Waals surface area contributed by atoms with E-state index >= 15 is 0 Å². The van der Waals surface area contributed by atoms with Crippen LogP contribution in [0.3, 0.4) is 0 Å². The Labute approximate surface area is 170 Å². The van der Waals surface area contributed by atoms with Gasteiger partial charge in [-0.2, -0.15) is 0 Å². The van der Waals surface area contributed by atoms with Gasteiger partial charge in [-0.3, -0.25) is 9.59 Å². The zero-order chi connectivity index (χ0) is 21.6. The van der Waals surface area contributed by atoms with Gasteiger partial charge in [0, 0.05) is 28.9 Å². The number of phenols is 1. The molecule has 3 aromatic rings. The molecule has 152 valence electrons. The largest absolute Gasteiger partial charge is 0.508 e. The smallest absolute Gasteiger partial charge is 0.261 e. The average molecular weight is 392 g/mol. The summed E-state index contributed by atoms with van der Waals surface area (Å²) in [7, 11) is 0. The number of H-pyrrole nitrogens is 1. The Morgan fingerprint density at radius 1 is 1.00 bits per heavy atom. The first-order valence-corrected chi connectivity index (χ1v) is 9.69. The van der Waals surface area contributed by atoms with E-state index in [4.69, 9.17) is 0 Å². The zero-order valence-electron chi connectivity index (χ0n) is 17.8. The van der Waals surface area contributed by atoms with Gasteiger partial charge in [-0.15, -0.1) is 0 Å². The molecule has 0 aliphatic carbocycles. The van der Waals surface area contributed by atoms with Gasteiger partial charge >= 0.3 is 0 Å². The molecule has 1 amide bonds. The summed E-state index contributed by atoms with van der Waals surface area (Å²) in [5.41, 5.74) is 2.27. The molecule has 0 aliphatic heterocycles. The molecule has 0 atom stereocenters. The van der Waals surface area contributed by atoms with Crippen LogP contribution in [0.1, 0.15) is 63.0 Å². The molecule has 0 fully saturated rings. The molecule has 3 rings (SSSR count). The van der Waals surface area contributed by atoms with Crippen LogP contribution in [0.25, 0.3) is 10.9 Å². The van der Waals surface area contributed by atoms with Crippen molar-refractivity contribution in [2.75, 3.05) is 5.32 Å². The molecule has 0 saturated heterocycles. The monoisotopic (exact) mass is 392 g/mol. The molecule has 0 bridgehead atoms. The number of nitrogens with one attached hydrogen (secondary N) is 2. The van der Waals surface area contributed by atoms with Crippen molar-refractivity contribution >= 4 is 22.5 Å². The molecule has 5 heteroatoms. The lowest BCUT2D eigenvalue weighted by Crippen LogP contribution is -2.27. The van der Waals surface area contributed by atoms with Gasteiger partial charge in [0.1, 0.15) is 11.3 Å². The first-order chi connectivity index (χ1) is 13.4. The maximum Gasteiger partial charge on any atom is 0.261 e. The number of amides is 1. The molecule has 0 radical (unpaired) electrons. The first-order valence-electron chi connectivity index (χ1n) is 9.69. The Morgan fingerprint density at radius 3 is 2.28 bits per heavy atom. The Hall–Kier alpha value is -3.08. The third-order valence-electron chi connectivity index (χ3n) is 4.96. The fourth-order valence-electron chi connectivity index (χ4n) is 3.65. The molecule has 29 heavy (non-hydrogen) atoms. The summed E-state index contributed by atoms with van der Waals surface area (Å²) in [5.74, 6) is -0.432. The van der Waals surface area contributed by atoms with Gasteiger partial charge in [0.2, 0.25) is 5.43 Å². The molecule has 0 aliphatic rings. The topological polar surface area (TPSA) is 82.2 Å². The quantitative estimate of drug-likeness (QED) is 0.569. The van der Waals surface area contributed by atoms with Crippen LogP contribution in [0.15, 0.2) is 47.4 Å². The van der Waals surface area contributed by atoms with Crippen molar-refractivity contribution in [1.29, 1.82) is 0 Å². The number of para-hydroxylation sites is 1. The second-order valence-corrected chi connectivity index (χ2v) is 9.45. The van der Waals surface area contributed by atoms with Crippen molar-refractivity contribution in [3.8, 4) is 5.75 Å². The van der Waals surface area contributed by atoms with Crippen LogP contribution < -0.4 is 10.7 Å². The Kier molecular flexibility index (Phi) is 5.03. The number of fused-ring (bicyclic) bond motifs is 1.